The highest BCUT2D eigenvalue weighted by molar-refractivity contribution is 7.54. The van der Waals surface area contributed by atoms with E-state index in [-0.39, 0.29) is 0 Å². The first-order chi connectivity index (χ1) is 7.45. The SMILES string of the molecule is COP(=O)(CCCCP(=O)(OC)OC)OC. The van der Waals surface area contributed by atoms with E-state index in [9.17, 15) is 9.13 Å². The minimum atomic E-state index is -2.95. The molecule has 0 spiro atoms. The van der Waals surface area contributed by atoms with E-state index >= 15 is 0 Å². The van der Waals surface area contributed by atoms with Crippen molar-refractivity contribution < 1.29 is 27.2 Å². The molecule has 0 N–H and O–H groups in total. The van der Waals surface area contributed by atoms with Gasteiger partial charge in [-0.05, 0) is 12.8 Å². The average Bonchev–Trinajstić information content (AvgIpc) is 2.34. The minimum Gasteiger partial charge on any atom is -0.312 e. The zero-order chi connectivity index (χ0) is 12.7. The largest absolute Gasteiger partial charge is 0.330 e. The van der Waals surface area contributed by atoms with E-state index in [1.54, 1.807) is 0 Å². The van der Waals surface area contributed by atoms with Gasteiger partial charge in [0.1, 0.15) is 0 Å². The zero-order valence-electron chi connectivity index (χ0n) is 10.2. The second-order valence-electron chi connectivity index (χ2n) is 3.11. The lowest BCUT2D eigenvalue weighted by molar-refractivity contribution is 0.270. The first-order valence-corrected chi connectivity index (χ1v) is 8.32. The van der Waals surface area contributed by atoms with Crippen molar-refractivity contribution in [1.29, 1.82) is 0 Å². The molecule has 98 valence electrons. The molecule has 0 rings (SSSR count). The summed E-state index contributed by atoms with van der Waals surface area (Å²) in [4.78, 5) is 0. The molecule has 0 unspecified atom stereocenters. The Labute approximate surface area is 96.7 Å². The molecule has 0 aliphatic carbocycles. The molecule has 0 saturated heterocycles. The van der Waals surface area contributed by atoms with Crippen molar-refractivity contribution in [2.75, 3.05) is 40.8 Å². The van der Waals surface area contributed by atoms with Gasteiger partial charge in [0, 0.05) is 28.4 Å². The predicted octanol–water partition coefficient (Wildman–Crippen LogP) is 2.74. The highest BCUT2D eigenvalue weighted by Crippen LogP contribution is 2.49. The Hall–Kier alpha value is 0.300. The molecular weight excluding hydrogens is 254 g/mol. The fourth-order valence-corrected chi connectivity index (χ4v) is 3.38. The van der Waals surface area contributed by atoms with E-state index in [0.29, 0.717) is 25.2 Å². The smallest absolute Gasteiger partial charge is 0.312 e. The molecule has 0 aliphatic rings. The third kappa shape index (κ3) is 5.58. The van der Waals surface area contributed by atoms with Gasteiger partial charge in [0.2, 0.25) is 0 Å². The van der Waals surface area contributed by atoms with Gasteiger partial charge in [-0.1, -0.05) is 0 Å². The number of hydrogen-bond acceptors (Lipinski definition) is 6. The Morgan fingerprint density at radius 2 is 0.938 bits per heavy atom. The van der Waals surface area contributed by atoms with Gasteiger partial charge in [-0.2, -0.15) is 0 Å². The standard InChI is InChI=1S/C8H20O6P2/c1-11-15(9,12-2)7-5-6-8-16(10,13-3)14-4/h5-8H2,1-4H3. The van der Waals surface area contributed by atoms with Gasteiger partial charge in [0.25, 0.3) is 0 Å². The van der Waals surface area contributed by atoms with Crippen LogP contribution >= 0.6 is 15.2 Å². The van der Waals surface area contributed by atoms with Crippen LogP contribution in [0.15, 0.2) is 0 Å². The van der Waals surface area contributed by atoms with Gasteiger partial charge < -0.3 is 18.1 Å². The quantitative estimate of drug-likeness (QED) is 0.475. The summed E-state index contributed by atoms with van der Waals surface area (Å²) in [5.74, 6) is 0. The Kier molecular flexibility index (Phi) is 7.73. The van der Waals surface area contributed by atoms with Crippen LogP contribution in [-0.4, -0.2) is 40.8 Å². The fourth-order valence-electron chi connectivity index (χ4n) is 1.13. The number of hydrogen-bond donors (Lipinski definition) is 0. The Bertz CT molecular complexity index is 236. The van der Waals surface area contributed by atoms with Crippen molar-refractivity contribution in [3.05, 3.63) is 0 Å². The molecule has 6 nitrogen and oxygen atoms in total. The van der Waals surface area contributed by atoms with E-state index in [4.69, 9.17) is 18.1 Å². The van der Waals surface area contributed by atoms with E-state index in [1.807, 2.05) is 0 Å². The van der Waals surface area contributed by atoms with Crippen molar-refractivity contribution in [2.24, 2.45) is 0 Å². The molecule has 0 saturated carbocycles. The van der Waals surface area contributed by atoms with Crippen LogP contribution < -0.4 is 0 Å². The summed E-state index contributed by atoms with van der Waals surface area (Å²) in [6, 6.07) is 0. The van der Waals surface area contributed by atoms with Gasteiger partial charge in [0.15, 0.2) is 0 Å². The van der Waals surface area contributed by atoms with Crippen molar-refractivity contribution in [1.82, 2.24) is 0 Å². The van der Waals surface area contributed by atoms with Crippen LogP contribution in [0.1, 0.15) is 12.8 Å². The van der Waals surface area contributed by atoms with Crippen molar-refractivity contribution in [2.45, 2.75) is 12.8 Å². The summed E-state index contributed by atoms with van der Waals surface area (Å²) < 4.78 is 42.4. The number of unbranched alkanes of at least 4 members (excludes halogenated alkanes) is 1. The molecule has 0 aromatic carbocycles. The molecule has 0 bridgehead atoms. The number of rotatable bonds is 9. The Balaban J connectivity index is 3.92. The van der Waals surface area contributed by atoms with E-state index in [2.05, 4.69) is 0 Å². The second kappa shape index (κ2) is 7.59. The molecule has 0 heterocycles. The molecule has 0 fully saturated rings. The predicted molar refractivity (Wildman–Crippen MR) is 62.2 cm³/mol. The first kappa shape index (κ1) is 16.3. The zero-order valence-corrected chi connectivity index (χ0v) is 12.0. The van der Waals surface area contributed by atoms with Crippen molar-refractivity contribution in [3.63, 3.8) is 0 Å². The average molecular weight is 274 g/mol. The maximum absolute atomic E-state index is 11.6. The molecule has 0 atom stereocenters. The third-order valence-electron chi connectivity index (χ3n) is 2.23. The van der Waals surface area contributed by atoms with Gasteiger partial charge >= 0.3 is 15.2 Å². The fraction of sp³-hybridized carbons (Fsp3) is 1.00. The van der Waals surface area contributed by atoms with Gasteiger partial charge in [-0.25, -0.2) is 0 Å². The summed E-state index contributed by atoms with van der Waals surface area (Å²) >= 11 is 0. The molecular formula is C8H20O6P2. The summed E-state index contributed by atoms with van der Waals surface area (Å²) in [6.45, 7) is 0. The van der Waals surface area contributed by atoms with Crippen LogP contribution in [0.2, 0.25) is 0 Å². The third-order valence-corrected chi connectivity index (χ3v) is 6.18. The van der Waals surface area contributed by atoms with Gasteiger partial charge in [-0.15, -0.1) is 0 Å². The lowest BCUT2D eigenvalue weighted by Crippen LogP contribution is -1.99. The first-order valence-electron chi connectivity index (χ1n) is 4.86. The summed E-state index contributed by atoms with van der Waals surface area (Å²) in [5, 5.41) is 0. The van der Waals surface area contributed by atoms with E-state index < -0.39 is 15.2 Å². The van der Waals surface area contributed by atoms with E-state index in [1.165, 1.54) is 28.4 Å². The maximum Gasteiger partial charge on any atom is 0.330 e. The topological polar surface area (TPSA) is 71.1 Å². The minimum absolute atomic E-state index is 0.299. The molecule has 0 radical (unpaired) electrons. The van der Waals surface area contributed by atoms with Gasteiger partial charge in [-0.3, -0.25) is 9.13 Å². The van der Waals surface area contributed by atoms with Crippen molar-refractivity contribution in [3.8, 4) is 0 Å². The second-order valence-corrected chi connectivity index (χ2v) is 7.91. The summed E-state index contributed by atoms with van der Waals surface area (Å²) in [6.07, 6.45) is 1.76. The molecule has 0 amide bonds. The van der Waals surface area contributed by atoms with Crippen LogP contribution in [-0.2, 0) is 27.2 Å². The van der Waals surface area contributed by atoms with Gasteiger partial charge in [0.05, 0.1) is 12.3 Å². The Morgan fingerprint density at radius 3 is 1.12 bits per heavy atom. The Morgan fingerprint density at radius 1 is 0.688 bits per heavy atom. The molecule has 8 heteroatoms. The monoisotopic (exact) mass is 274 g/mol. The molecule has 0 aromatic heterocycles. The lowest BCUT2D eigenvalue weighted by atomic mass is 10.4. The molecule has 16 heavy (non-hydrogen) atoms. The van der Waals surface area contributed by atoms with Crippen LogP contribution in [0.3, 0.4) is 0 Å². The van der Waals surface area contributed by atoms with Crippen molar-refractivity contribution >= 4 is 15.2 Å². The van der Waals surface area contributed by atoms with Crippen LogP contribution in [0.25, 0.3) is 0 Å². The summed E-state index contributed by atoms with van der Waals surface area (Å²) in [7, 11) is -0.516. The van der Waals surface area contributed by atoms with E-state index in [0.717, 1.165) is 0 Å². The highest BCUT2D eigenvalue weighted by Gasteiger charge is 2.23. The highest BCUT2D eigenvalue weighted by atomic mass is 31.2. The summed E-state index contributed by atoms with van der Waals surface area (Å²) in [5.41, 5.74) is 0. The maximum atomic E-state index is 11.6. The van der Waals surface area contributed by atoms with Crippen LogP contribution in [0, 0.1) is 0 Å². The van der Waals surface area contributed by atoms with Crippen LogP contribution in [0.5, 0.6) is 0 Å². The molecule has 0 aromatic rings. The normalized spacial score (nSPS) is 13.0. The lowest BCUT2D eigenvalue weighted by Gasteiger charge is -2.15. The molecule has 0 aliphatic heterocycles. The van der Waals surface area contributed by atoms with Crippen LogP contribution in [0.4, 0.5) is 0 Å².